The summed E-state index contributed by atoms with van der Waals surface area (Å²) in [7, 11) is 0. The highest BCUT2D eigenvalue weighted by atomic mass is 19.1. The van der Waals surface area contributed by atoms with E-state index in [-0.39, 0.29) is 17.8 Å². The lowest BCUT2D eigenvalue weighted by Crippen LogP contribution is -2.37. The lowest BCUT2D eigenvalue weighted by molar-refractivity contribution is -0.119. The van der Waals surface area contributed by atoms with Crippen LogP contribution in [0.2, 0.25) is 0 Å². The Morgan fingerprint density at radius 2 is 1.94 bits per heavy atom. The molecule has 0 aliphatic carbocycles. The topological polar surface area (TPSA) is 54.0 Å². The second-order valence-corrected chi connectivity index (χ2v) is 8.14. The molecule has 0 saturated carbocycles. The van der Waals surface area contributed by atoms with Gasteiger partial charge in [-0.05, 0) is 35.7 Å². The zero-order chi connectivity index (χ0) is 21.6. The van der Waals surface area contributed by atoms with E-state index in [1.165, 1.54) is 12.5 Å². The highest BCUT2D eigenvalue weighted by molar-refractivity contribution is 5.72. The van der Waals surface area contributed by atoms with Crippen LogP contribution in [0.5, 0.6) is 0 Å². The molecule has 0 radical (unpaired) electrons. The summed E-state index contributed by atoms with van der Waals surface area (Å²) in [4.78, 5) is 15.5. The molecule has 2 saturated heterocycles. The molecule has 4 rings (SSSR count). The van der Waals surface area contributed by atoms with Gasteiger partial charge in [-0.25, -0.2) is 4.39 Å². The standard InChI is InChI=1S/C24H30FN3O3/c1-18(29)26-15-22-16-28(17-31-22)21-6-7-23(24(25)14-21)20-4-2-19(3-5-20)8-9-27-10-12-30-13-11-27/h2-7,14,22H,8-13,15-17H2,1H3,(H,26,29). The Morgan fingerprint density at radius 1 is 1.16 bits per heavy atom. The smallest absolute Gasteiger partial charge is 0.216 e. The van der Waals surface area contributed by atoms with Gasteiger partial charge >= 0.3 is 0 Å². The Kier molecular flexibility index (Phi) is 7.17. The van der Waals surface area contributed by atoms with Gasteiger partial charge in [0.05, 0.1) is 19.3 Å². The van der Waals surface area contributed by atoms with Crippen LogP contribution in [-0.2, 0) is 20.7 Å². The van der Waals surface area contributed by atoms with Crippen molar-refractivity contribution in [3.8, 4) is 11.1 Å². The third-order valence-electron chi connectivity index (χ3n) is 5.87. The van der Waals surface area contributed by atoms with Gasteiger partial charge in [-0.3, -0.25) is 9.69 Å². The highest BCUT2D eigenvalue weighted by Crippen LogP contribution is 2.28. The molecule has 0 spiro atoms. The monoisotopic (exact) mass is 427 g/mol. The summed E-state index contributed by atoms with van der Waals surface area (Å²) in [5.41, 5.74) is 3.51. The fourth-order valence-corrected chi connectivity index (χ4v) is 4.01. The molecule has 2 fully saturated rings. The number of anilines is 1. The van der Waals surface area contributed by atoms with E-state index in [4.69, 9.17) is 9.47 Å². The van der Waals surface area contributed by atoms with Crippen LogP contribution in [0.25, 0.3) is 11.1 Å². The van der Waals surface area contributed by atoms with Crippen LogP contribution in [0.1, 0.15) is 12.5 Å². The number of ether oxygens (including phenoxy) is 2. The molecule has 2 aliphatic rings. The zero-order valence-electron chi connectivity index (χ0n) is 18.0. The number of rotatable bonds is 7. The minimum absolute atomic E-state index is 0.0791. The minimum atomic E-state index is -0.246. The summed E-state index contributed by atoms with van der Waals surface area (Å²) in [6.45, 7) is 7.59. The largest absolute Gasteiger partial charge is 0.379 e. The Morgan fingerprint density at radius 3 is 2.65 bits per heavy atom. The van der Waals surface area contributed by atoms with Crippen LogP contribution in [0.3, 0.4) is 0 Å². The van der Waals surface area contributed by atoms with Crippen molar-refractivity contribution in [2.75, 3.05) is 57.6 Å². The van der Waals surface area contributed by atoms with Gasteiger partial charge in [-0.15, -0.1) is 0 Å². The van der Waals surface area contributed by atoms with Crippen molar-refractivity contribution in [3.05, 3.63) is 53.8 Å². The summed E-state index contributed by atoms with van der Waals surface area (Å²) in [5, 5.41) is 2.76. The molecule has 1 N–H and O–H groups in total. The number of benzene rings is 2. The fraction of sp³-hybridized carbons (Fsp3) is 0.458. The summed E-state index contributed by atoms with van der Waals surface area (Å²) >= 11 is 0. The SMILES string of the molecule is CC(=O)NCC1CN(c2ccc(-c3ccc(CCN4CCOCC4)cc3)c(F)c2)CO1. The summed E-state index contributed by atoms with van der Waals surface area (Å²) in [5.74, 6) is -0.326. The predicted octanol–water partition coefficient (Wildman–Crippen LogP) is 2.67. The Labute approximate surface area is 182 Å². The predicted molar refractivity (Wildman–Crippen MR) is 119 cm³/mol. The van der Waals surface area contributed by atoms with E-state index in [1.807, 2.05) is 29.2 Å². The van der Waals surface area contributed by atoms with Gasteiger partial charge in [0.1, 0.15) is 12.5 Å². The van der Waals surface area contributed by atoms with E-state index in [2.05, 4.69) is 22.3 Å². The van der Waals surface area contributed by atoms with Gasteiger partial charge in [0, 0.05) is 50.9 Å². The maximum Gasteiger partial charge on any atom is 0.216 e. The molecule has 7 heteroatoms. The van der Waals surface area contributed by atoms with Crippen LogP contribution in [0.4, 0.5) is 10.1 Å². The lowest BCUT2D eigenvalue weighted by atomic mass is 10.0. The second-order valence-electron chi connectivity index (χ2n) is 8.14. The molecule has 0 bridgehead atoms. The van der Waals surface area contributed by atoms with Gasteiger partial charge in [0.25, 0.3) is 0 Å². The van der Waals surface area contributed by atoms with Crippen LogP contribution in [0, 0.1) is 5.82 Å². The summed E-state index contributed by atoms with van der Waals surface area (Å²) in [6.07, 6.45) is 0.896. The van der Waals surface area contributed by atoms with Gasteiger partial charge in [0.2, 0.25) is 5.91 Å². The molecular formula is C24H30FN3O3. The van der Waals surface area contributed by atoms with E-state index >= 15 is 0 Å². The van der Waals surface area contributed by atoms with E-state index in [0.29, 0.717) is 25.4 Å². The number of amides is 1. The van der Waals surface area contributed by atoms with Crippen molar-refractivity contribution in [1.29, 1.82) is 0 Å². The third-order valence-corrected chi connectivity index (χ3v) is 5.87. The third kappa shape index (κ3) is 5.81. The van der Waals surface area contributed by atoms with Gasteiger partial charge in [0.15, 0.2) is 0 Å². The number of carbonyl (C=O) groups excluding carboxylic acids is 1. The average Bonchev–Trinajstić information content (AvgIpc) is 3.27. The number of halogens is 1. The summed E-state index contributed by atoms with van der Waals surface area (Å²) < 4.78 is 26.0. The molecule has 2 aromatic rings. The van der Waals surface area contributed by atoms with E-state index in [0.717, 1.165) is 50.5 Å². The van der Waals surface area contributed by atoms with Crippen LogP contribution >= 0.6 is 0 Å². The van der Waals surface area contributed by atoms with Gasteiger partial charge in [-0.1, -0.05) is 24.3 Å². The minimum Gasteiger partial charge on any atom is -0.379 e. The van der Waals surface area contributed by atoms with Crippen molar-refractivity contribution < 1.29 is 18.7 Å². The summed E-state index contributed by atoms with van der Waals surface area (Å²) in [6, 6.07) is 13.5. The number of nitrogens with one attached hydrogen (secondary N) is 1. The number of morpholine rings is 1. The van der Waals surface area contributed by atoms with Crippen molar-refractivity contribution in [3.63, 3.8) is 0 Å². The second kappa shape index (κ2) is 10.2. The molecule has 2 aliphatic heterocycles. The van der Waals surface area contributed by atoms with E-state index in [1.54, 1.807) is 6.07 Å². The number of hydrogen-bond acceptors (Lipinski definition) is 5. The van der Waals surface area contributed by atoms with Gasteiger partial charge < -0.3 is 19.7 Å². The Bertz CT molecular complexity index is 884. The first-order chi connectivity index (χ1) is 15.1. The first kappa shape index (κ1) is 21.7. The van der Waals surface area contributed by atoms with Crippen LogP contribution < -0.4 is 10.2 Å². The van der Waals surface area contributed by atoms with Crippen LogP contribution in [-0.4, -0.2) is 69.6 Å². The van der Waals surface area contributed by atoms with Crippen molar-refractivity contribution in [2.45, 2.75) is 19.4 Å². The number of carbonyl (C=O) groups is 1. The highest BCUT2D eigenvalue weighted by Gasteiger charge is 2.24. The average molecular weight is 428 g/mol. The first-order valence-corrected chi connectivity index (χ1v) is 10.9. The van der Waals surface area contributed by atoms with E-state index < -0.39 is 0 Å². The molecule has 1 amide bonds. The molecule has 0 aromatic heterocycles. The molecule has 6 nitrogen and oxygen atoms in total. The molecule has 31 heavy (non-hydrogen) atoms. The Hall–Kier alpha value is -2.48. The maximum absolute atomic E-state index is 14.9. The normalized spacial score (nSPS) is 19.5. The van der Waals surface area contributed by atoms with Gasteiger partial charge in [-0.2, -0.15) is 0 Å². The first-order valence-electron chi connectivity index (χ1n) is 10.9. The number of hydrogen-bond donors (Lipinski definition) is 1. The Balaban J connectivity index is 1.35. The quantitative estimate of drug-likeness (QED) is 0.736. The molecule has 166 valence electrons. The molecule has 1 atom stereocenters. The molecule has 1 unspecified atom stereocenters. The van der Waals surface area contributed by atoms with Crippen LogP contribution in [0.15, 0.2) is 42.5 Å². The zero-order valence-corrected chi connectivity index (χ0v) is 18.0. The van der Waals surface area contributed by atoms with Crippen molar-refractivity contribution >= 4 is 11.6 Å². The molecule has 2 heterocycles. The van der Waals surface area contributed by atoms with Crippen molar-refractivity contribution in [2.24, 2.45) is 0 Å². The number of nitrogens with zero attached hydrogens (tertiary/aromatic N) is 2. The maximum atomic E-state index is 14.9. The lowest BCUT2D eigenvalue weighted by Gasteiger charge is -2.26. The van der Waals surface area contributed by atoms with E-state index in [9.17, 15) is 9.18 Å². The molecule has 2 aromatic carbocycles. The molecular weight excluding hydrogens is 397 g/mol. The fourth-order valence-electron chi connectivity index (χ4n) is 4.01. The van der Waals surface area contributed by atoms with Crippen molar-refractivity contribution in [1.82, 2.24) is 10.2 Å².